The van der Waals surface area contributed by atoms with E-state index in [4.69, 9.17) is 0 Å². The molecule has 0 aromatic heterocycles. The second-order valence-electron chi connectivity index (χ2n) is 7.99. The molecule has 1 aromatic rings. The Morgan fingerprint density at radius 1 is 1.04 bits per heavy atom. The molecule has 0 bridgehead atoms. The first-order valence-corrected chi connectivity index (χ1v) is 9.09. The van der Waals surface area contributed by atoms with Gasteiger partial charge in [0.15, 0.2) is 0 Å². The van der Waals surface area contributed by atoms with E-state index >= 15 is 0 Å². The van der Waals surface area contributed by atoms with Crippen LogP contribution in [-0.4, -0.2) is 23.9 Å². The molecule has 2 aliphatic rings. The summed E-state index contributed by atoms with van der Waals surface area (Å²) in [6, 6.07) is 8.74. The molecule has 4 atom stereocenters. The standard InChI is InChI=1S/C20H30N2O/c1-14-8-15(2)12-22(11-14)13-18-6-4-17(5-7-18)10-21-20(23)19-9-16(19)3/h4-7,14-16,19H,8-13H2,1-3H3,(H,21,23)/t14-,15+,16-,19+/m0/s1. The number of rotatable bonds is 5. The SMILES string of the molecule is C[C@@H]1C[C@H](C)CN(Cc2ccc(CNC(=O)[C@@H]3C[C@@H]3C)cc2)C1. The van der Waals surface area contributed by atoms with Crippen molar-refractivity contribution in [2.75, 3.05) is 13.1 Å². The third-order valence-corrected chi connectivity index (χ3v) is 5.29. The van der Waals surface area contributed by atoms with Crippen molar-refractivity contribution in [3.8, 4) is 0 Å². The largest absolute Gasteiger partial charge is 0.352 e. The summed E-state index contributed by atoms with van der Waals surface area (Å²) in [5.41, 5.74) is 2.56. The Kier molecular flexibility index (Phi) is 5.05. The van der Waals surface area contributed by atoms with Crippen LogP contribution in [0.2, 0.25) is 0 Å². The number of carbonyl (C=O) groups excluding carboxylic acids is 1. The molecule has 1 aliphatic carbocycles. The van der Waals surface area contributed by atoms with E-state index in [1.54, 1.807) is 0 Å². The maximum Gasteiger partial charge on any atom is 0.223 e. The van der Waals surface area contributed by atoms with Gasteiger partial charge in [0.1, 0.15) is 0 Å². The zero-order valence-corrected chi connectivity index (χ0v) is 14.7. The predicted octanol–water partition coefficient (Wildman–Crippen LogP) is 3.44. The van der Waals surface area contributed by atoms with Gasteiger partial charge < -0.3 is 5.32 Å². The van der Waals surface area contributed by atoms with Gasteiger partial charge in [-0.05, 0) is 41.7 Å². The molecular formula is C20H30N2O. The van der Waals surface area contributed by atoms with E-state index in [0.717, 1.165) is 24.8 Å². The number of piperidine rings is 1. The molecule has 1 saturated carbocycles. The second kappa shape index (κ2) is 7.04. The number of nitrogens with one attached hydrogen (secondary N) is 1. The zero-order valence-electron chi connectivity index (χ0n) is 14.7. The summed E-state index contributed by atoms with van der Waals surface area (Å²) >= 11 is 0. The lowest BCUT2D eigenvalue weighted by molar-refractivity contribution is -0.122. The van der Waals surface area contributed by atoms with Crippen molar-refractivity contribution in [3.63, 3.8) is 0 Å². The summed E-state index contributed by atoms with van der Waals surface area (Å²) in [4.78, 5) is 14.4. The van der Waals surface area contributed by atoms with Gasteiger partial charge in [-0.3, -0.25) is 9.69 Å². The van der Waals surface area contributed by atoms with Gasteiger partial charge in [0.25, 0.3) is 0 Å². The highest BCUT2D eigenvalue weighted by molar-refractivity contribution is 5.81. The third kappa shape index (κ3) is 4.57. The Labute approximate surface area is 140 Å². The van der Waals surface area contributed by atoms with E-state index in [1.165, 1.54) is 30.6 Å². The van der Waals surface area contributed by atoms with Gasteiger partial charge in [-0.15, -0.1) is 0 Å². The molecule has 1 heterocycles. The van der Waals surface area contributed by atoms with E-state index in [2.05, 4.69) is 55.3 Å². The van der Waals surface area contributed by atoms with Crippen molar-refractivity contribution in [1.82, 2.24) is 10.2 Å². The molecule has 1 amide bonds. The maximum absolute atomic E-state index is 11.9. The highest BCUT2D eigenvalue weighted by Crippen LogP contribution is 2.37. The molecular weight excluding hydrogens is 284 g/mol. The number of likely N-dealkylation sites (tertiary alicyclic amines) is 1. The van der Waals surface area contributed by atoms with Crippen molar-refractivity contribution in [2.45, 2.75) is 46.7 Å². The van der Waals surface area contributed by atoms with E-state index in [-0.39, 0.29) is 11.8 Å². The van der Waals surface area contributed by atoms with Gasteiger partial charge in [0, 0.05) is 32.1 Å². The Bertz CT molecular complexity index is 529. The van der Waals surface area contributed by atoms with Crippen LogP contribution >= 0.6 is 0 Å². The molecule has 126 valence electrons. The molecule has 1 aliphatic heterocycles. The van der Waals surface area contributed by atoms with Crippen molar-refractivity contribution in [2.24, 2.45) is 23.7 Å². The lowest BCUT2D eigenvalue weighted by Crippen LogP contribution is -2.38. The molecule has 3 heteroatoms. The van der Waals surface area contributed by atoms with Gasteiger partial charge >= 0.3 is 0 Å². The lowest BCUT2D eigenvalue weighted by Gasteiger charge is -2.35. The fourth-order valence-electron chi connectivity index (χ4n) is 3.95. The first-order valence-electron chi connectivity index (χ1n) is 9.09. The second-order valence-corrected chi connectivity index (χ2v) is 7.99. The maximum atomic E-state index is 11.9. The Hall–Kier alpha value is -1.35. The van der Waals surface area contributed by atoms with Crippen molar-refractivity contribution in [3.05, 3.63) is 35.4 Å². The molecule has 1 N–H and O–H groups in total. The molecule has 0 unspecified atom stereocenters. The Balaban J connectivity index is 1.48. The van der Waals surface area contributed by atoms with Gasteiger partial charge in [-0.2, -0.15) is 0 Å². The molecule has 1 saturated heterocycles. The van der Waals surface area contributed by atoms with Crippen LogP contribution in [0.1, 0.15) is 44.7 Å². The predicted molar refractivity (Wildman–Crippen MR) is 93.8 cm³/mol. The first kappa shape index (κ1) is 16.5. The average molecular weight is 314 g/mol. The smallest absolute Gasteiger partial charge is 0.223 e. The van der Waals surface area contributed by atoms with Crippen LogP contribution in [0, 0.1) is 23.7 Å². The van der Waals surface area contributed by atoms with E-state index in [9.17, 15) is 4.79 Å². The molecule has 0 spiro atoms. The summed E-state index contributed by atoms with van der Waals surface area (Å²) in [5, 5.41) is 3.05. The Morgan fingerprint density at radius 3 is 2.17 bits per heavy atom. The summed E-state index contributed by atoms with van der Waals surface area (Å²) in [5.74, 6) is 2.66. The van der Waals surface area contributed by atoms with E-state index in [0.29, 0.717) is 12.5 Å². The molecule has 1 aromatic carbocycles. The number of amides is 1. The van der Waals surface area contributed by atoms with Gasteiger partial charge in [0.2, 0.25) is 5.91 Å². The Morgan fingerprint density at radius 2 is 1.61 bits per heavy atom. The highest BCUT2D eigenvalue weighted by Gasteiger charge is 2.38. The van der Waals surface area contributed by atoms with Gasteiger partial charge in [0.05, 0.1) is 0 Å². The monoisotopic (exact) mass is 314 g/mol. The van der Waals surface area contributed by atoms with Crippen LogP contribution in [-0.2, 0) is 17.9 Å². The highest BCUT2D eigenvalue weighted by atomic mass is 16.2. The number of nitrogens with zero attached hydrogens (tertiary/aromatic N) is 1. The van der Waals surface area contributed by atoms with Crippen molar-refractivity contribution >= 4 is 5.91 Å². The molecule has 0 radical (unpaired) electrons. The average Bonchev–Trinajstić information content (AvgIpc) is 3.22. The molecule has 3 nitrogen and oxygen atoms in total. The minimum atomic E-state index is 0.220. The van der Waals surface area contributed by atoms with Gasteiger partial charge in [-0.25, -0.2) is 0 Å². The van der Waals surface area contributed by atoms with Crippen LogP contribution < -0.4 is 5.32 Å². The van der Waals surface area contributed by atoms with Crippen molar-refractivity contribution in [1.29, 1.82) is 0 Å². The normalized spacial score (nSPS) is 30.9. The zero-order chi connectivity index (χ0) is 16.4. The first-order chi connectivity index (χ1) is 11.0. The van der Waals surface area contributed by atoms with Crippen LogP contribution in [0.4, 0.5) is 0 Å². The van der Waals surface area contributed by atoms with Crippen LogP contribution in [0.3, 0.4) is 0 Å². The van der Waals surface area contributed by atoms with Crippen molar-refractivity contribution < 1.29 is 4.79 Å². The summed E-state index contributed by atoms with van der Waals surface area (Å²) in [6.45, 7) is 11.0. The number of benzene rings is 1. The summed E-state index contributed by atoms with van der Waals surface area (Å²) in [7, 11) is 0. The molecule has 2 fully saturated rings. The minimum Gasteiger partial charge on any atom is -0.352 e. The fourth-order valence-corrected chi connectivity index (χ4v) is 3.95. The topological polar surface area (TPSA) is 32.3 Å². The van der Waals surface area contributed by atoms with E-state index in [1.807, 2.05) is 0 Å². The number of hydrogen-bond donors (Lipinski definition) is 1. The lowest BCUT2D eigenvalue weighted by atomic mass is 9.91. The van der Waals surface area contributed by atoms with E-state index < -0.39 is 0 Å². The number of carbonyl (C=O) groups is 1. The summed E-state index contributed by atoms with van der Waals surface area (Å²) in [6.07, 6.45) is 2.41. The fraction of sp³-hybridized carbons (Fsp3) is 0.650. The minimum absolute atomic E-state index is 0.220. The summed E-state index contributed by atoms with van der Waals surface area (Å²) < 4.78 is 0. The molecule has 3 rings (SSSR count). The quantitative estimate of drug-likeness (QED) is 0.903. The molecule has 23 heavy (non-hydrogen) atoms. The van der Waals surface area contributed by atoms with Crippen LogP contribution in [0.5, 0.6) is 0 Å². The van der Waals surface area contributed by atoms with Crippen LogP contribution in [0.25, 0.3) is 0 Å². The number of hydrogen-bond acceptors (Lipinski definition) is 2. The third-order valence-electron chi connectivity index (χ3n) is 5.29. The van der Waals surface area contributed by atoms with Gasteiger partial charge in [-0.1, -0.05) is 45.0 Å². The van der Waals surface area contributed by atoms with Crippen LogP contribution in [0.15, 0.2) is 24.3 Å².